The second kappa shape index (κ2) is 64.6. The monoisotopic (exact) mass is 1070 g/mol. The maximum absolute atomic E-state index is 12.9. The summed E-state index contributed by atoms with van der Waals surface area (Å²) in [4.78, 5) is 38.3. The molecule has 0 bridgehead atoms. The van der Waals surface area contributed by atoms with Crippen LogP contribution in [0.15, 0.2) is 109 Å². The van der Waals surface area contributed by atoms with Gasteiger partial charge in [-0.3, -0.25) is 14.4 Å². The summed E-state index contributed by atoms with van der Waals surface area (Å²) in [5, 5.41) is 0. The molecule has 6 nitrogen and oxygen atoms in total. The van der Waals surface area contributed by atoms with Crippen molar-refractivity contribution in [3.63, 3.8) is 0 Å². The SMILES string of the molecule is CC/C=C\C/C=C\C/C=C\C/C=C\C/C=C\C/C=C\C/C=C\CCCCCCCCCC(=O)OCC(COC(=O)CCCCCCC/C=C\CCCCCC)OC(=O)CCCCCCCCC/C=C\CCCCCCCC. The van der Waals surface area contributed by atoms with Gasteiger partial charge in [0.15, 0.2) is 6.10 Å². The van der Waals surface area contributed by atoms with Crippen LogP contribution < -0.4 is 0 Å². The first-order valence-corrected chi connectivity index (χ1v) is 32.4. The molecular weight excluding hydrogens is 949 g/mol. The van der Waals surface area contributed by atoms with Gasteiger partial charge in [0.25, 0.3) is 0 Å². The Morgan fingerprint density at radius 3 is 0.818 bits per heavy atom. The third kappa shape index (κ3) is 62.8. The Kier molecular flexibility index (Phi) is 61.3. The van der Waals surface area contributed by atoms with Crippen molar-refractivity contribution in [2.75, 3.05) is 13.2 Å². The zero-order valence-electron chi connectivity index (χ0n) is 50.4. The van der Waals surface area contributed by atoms with Crippen molar-refractivity contribution in [3.8, 4) is 0 Å². The maximum atomic E-state index is 12.9. The maximum Gasteiger partial charge on any atom is 0.306 e. The van der Waals surface area contributed by atoms with Crippen LogP contribution >= 0.6 is 0 Å². The Morgan fingerprint density at radius 1 is 0.273 bits per heavy atom. The second-order valence-corrected chi connectivity index (χ2v) is 21.3. The topological polar surface area (TPSA) is 78.9 Å². The lowest BCUT2D eigenvalue weighted by atomic mass is 10.1. The number of carbonyl (C=O) groups excluding carboxylic acids is 3. The van der Waals surface area contributed by atoms with Gasteiger partial charge < -0.3 is 14.2 Å². The summed E-state index contributed by atoms with van der Waals surface area (Å²) < 4.78 is 16.9. The van der Waals surface area contributed by atoms with Crippen LogP contribution in [0.4, 0.5) is 0 Å². The van der Waals surface area contributed by atoms with Gasteiger partial charge in [0.2, 0.25) is 0 Å². The molecule has 0 aromatic carbocycles. The van der Waals surface area contributed by atoms with E-state index in [1.165, 1.54) is 148 Å². The summed E-state index contributed by atoms with van der Waals surface area (Å²) in [6, 6.07) is 0. The Hall–Kier alpha value is -3.93. The molecular formula is C71H120O6. The first kappa shape index (κ1) is 73.1. The number of unbranched alkanes of at least 4 members (excludes halogenated alkanes) is 29. The van der Waals surface area contributed by atoms with Crippen molar-refractivity contribution in [3.05, 3.63) is 109 Å². The summed E-state index contributed by atoms with van der Waals surface area (Å²) in [6.07, 6.45) is 88.0. The molecule has 0 aromatic heterocycles. The van der Waals surface area contributed by atoms with E-state index < -0.39 is 6.10 Å². The number of carbonyl (C=O) groups is 3. The Balaban J connectivity index is 4.33. The first-order valence-electron chi connectivity index (χ1n) is 32.4. The van der Waals surface area contributed by atoms with E-state index in [2.05, 4.69) is 130 Å². The first-order chi connectivity index (χ1) is 38.0. The molecule has 0 aliphatic heterocycles. The van der Waals surface area contributed by atoms with Gasteiger partial charge in [-0.2, -0.15) is 0 Å². The number of allylic oxidation sites excluding steroid dienone is 18. The zero-order chi connectivity index (χ0) is 55.7. The molecule has 0 aliphatic carbocycles. The summed E-state index contributed by atoms with van der Waals surface area (Å²) in [5.74, 6) is -0.904. The number of esters is 3. The molecule has 0 saturated carbocycles. The van der Waals surface area contributed by atoms with Gasteiger partial charge in [-0.25, -0.2) is 0 Å². The van der Waals surface area contributed by atoms with Crippen LogP contribution in [-0.2, 0) is 28.6 Å². The van der Waals surface area contributed by atoms with Crippen molar-refractivity contribution >= 4 is 17.9 Å². The number of rotatable bonds is 58. The third-order valence-electron chi connectivity index (χ3n) is 13.7. The van der Waals surface area contributed by atoms with Crippen LogP contribution in [0.3, 0.4) is 0 Å². The standard InChI is InChI=1S/C71H120O6/c1-4-7-10-13-16-19-22-25-27-29-30-31-32-33-34-35-36-37-38-39-40-42-43-46-49-52-55-58-61-64-70(73)76-67-68(66-75-69(72)63-60-57-54-51-48-45-24-21-18-15-12-9-6-3)77-71(74)65-62-59-56-53-50-47-44-41-28-26-23-20-17-14-11-8-5-2/h7,10,16,19,21,24-28,30-31,33-34,36-37,39-40,68H,4-6,8-9,11-15,17-18,20,22-23,29,32,35,38,41-67H2,1-3H3/b10-7-,19-16-,24-21-,27-25-,28-26-,31-30-,34-33-,37-36-,40-39-. The van der Waals surface area contributed by atoms with Crippen LogP contribution in [0.2, 0.25) is 0 Å². The summed E-state index contributed by atoms with van der Waals surface area (Å²) in [6.45, 7) is 6.50. The molecule has 0 saturated heterocycles. The molecule has 0 heterocycles. The fourth-order valence-electron chi connectivity index (χ4n) is 8.88. The van der Waals surface area contributed by atoms with Gasteiger partial charge in [-0.1, -0.05) is 265 Å². The van der Waals surface area contributed by atoms with E-state index in [4.69, 9.17) is 14.2 Å². The van der Waals surface area contributed by atoms with Gasteiger partial charge in [0.05, 0.1) is 0 Å². The summed E-state index contributed by atoms with van der Waals surface area (Å²) >= 11 is 0. The van der Waals surface area contributed by atoms with E-state index in [9.17, 15) is 14.4 Å². The normalized spacial score (nSPS) is 12.8. The molecule has 6 heteroatoms. The lowest BCUT2D eigenvalue weighted by molar-refractivity contribution is -0.167. The van der Waals surface area contributed by atoms with E-state index in [-0.39, 0.29) is 31.1 Å². The number of hydrogen-bond donors (Lipinski definition) is 0. The third-order valence-corrected chi connectivity index (χ3v) is 13.7. The minimum Gasteiger partial charge on any atom is -0.462 e. The van der Waals surface area contributed by atoms with E-state index in [0.29, 0.717) is 19.3 Å². The number of hydrogen-bond acceptors (Lipinski definition) is 6. The highest BCUT2D eigenvalue weighted by molar-refractivity contribution is 5.71. The zero-order valence-corrected chi connectivity index (χ0v) is 50.4. The van der Waals surface area contributed by atoms with E-state index in [1.54, 1.807) is 0 Å². The van der Waals surface area contributed by atoms with Crippen molar-refractivity contribution in [1.29, 1.82) is 0 Å². The van der Waals surface area contributed by atoms with Crippen LogP contribution in [0, 0.1) is 0 Å². The molecule has 0 rings (SSSR count). The molecule has 0 radical (unpaired) electrons. The molecule has 77 heavy (non-hydrogen) atoms. The van der Waals surface area contributed by atoms with Gasteiger partial charge in [0.1, 0.15) is 13.2 Å². The minimum atomic E-state index is -0.790. The molecule has 0 spiro atoms. The van der Waals surface area contributed by atoms with Gasteiger partial charge in [-0.15, -0.1) is 0 Å². The molecule has 0 aliphatic rings. The summed E-state index contributed by atoms with van der Waals surface area (Å²) in [7, 11) is 0. The second-order valence-electron chi connectivity index (χ2n) is 21.3. The Morgan fingerprint density at radius 2 is 0.506 bits per heavy atom. The fourth-order valence-corrected chi connectivity index (χ4v) is 8.88. The molecule has 0 amide bonds. The van der Waals surface area contributed by atoms with Crippen molar-refractivity contribution in [2.45, 2.75) is 309 Å². The fraction of sp³-hybridized carbons (Fsp3) is 0.704. The molecule has 1 atom stereocenters. The highest BCUT2D eigenvalue weighted by Gasteiger charge is 2.19. The van der Waals surface area contributed by atoms with Crippen LogP contribution in [-0.4, -0.2) is 37.2 Å². The summed E-state index contributed by atoms with van der Waals surface area (Å²) in [5.41, 5.74) is 0. The van der Waals surface area contributed by atoms with E-state index in [0.717, 1.165) is 116 Å². The Labute approximate surface area is 476 Å². The smallest absolute Gasteiger partial charge is 0.306 e. The Bertz CT molecular complexity index is 1560. The van der Waals surface area contributed by atoms with Gasteiger partial charge in [0, 0.05) is 19.3 Å². The van der Waals surface area contributed by atoms with Gasteiger partial charge in [-0.05, 0) is 128 Å². The highest BCUT2D eigenvalue weighted by atomic mass is 16.6. The lowest BCUT2D eigenvalue weighted by Gasteiger charge is -2.18. The van der Waals surface area contributed by atoms with Crippen molar-refractivity contribution < 1.29 is 28.6 Å². The quantitative estimate of drug-likeness (QED) is 0.0261. The lowest BCUT2D eigenvalue weighted by Crippen LogP contribution is -2.30. The van der Waals surface area contributed by atoms with E-state index in [1.807, 2.05) is 0 Å². The molecule has 0 aromatic rings. The van der Waals surface area contributed by atoms with Crippen LogP contribution in [0.25, 0.3) is 0 Å². The van der Waals surface area contributed by atoms with Crippen molar-refractivity contribution in [1.82, 2.24) is 0 Å². The molecule has 0 N–H and O–H groups in total. The molecule has 1 unspecified atom stereocenters. The van der Waals surface area contributed by atoms with Gasteiger partial charge >= 0.3 is 17.9 Å². The molecule has 0 fully saturated rings. The number of ether oxygens (including phenoxy) is 3. The largest absolute Gasteiger partial charge is 0.462 e. The minimum absolute atomic E-state index is 0.0872. The van der Waals surface area contributed by atoms with Crippen LogP contribution in [0.5, 0.6) is 0 Å². The average Bonchev–Trinajstić information content (AvgIpc) is 3.43. The van der Waals surface area contributed by atoms with E-state index >= 15 is 0 Å². The van der Waals surface area contributed by atoms with Crippen LogP contribution in [0.1, 0.15) is 303 Å². The predicted molar refractivity (Wildman–Crippen MR) is 334 cm³/mol. The predicted octanol–water partition coefficient (Wildman–Crippen LogP) is 22.2. The van der Waals surface area contributed by atoms with Crippen molar-refractivity contribution in [2.24, 2.45) is 0 Å². The average molecular weight is 1070 g/mol. The highest BCUT2D eigenvalue weighted by Crippen LogP contribution is 2.15. The molecule has 440 valence electrons.